The minimum absolute atomic E-state index is 0.348. The highest BCUT2D eigenvalue weighted by Crippen LogP contribution is 2.20. The third-order valence-corrected chi connectivity index (χ3v) is 2.83. The lowest BCUT2D eigenvalue weighted by atomic mass is 9.92. The van der Waals surface area contributed by atoms with Crippen molar-refractivity contribution in [3.63, 3.8) is 0 Å². The molecule has 96 valence electrons. The van der Waals surface area contributed by atoms with Gasteiger partial charge in [-0.25, -0.2) is 0 Å². The molecule has 1 N–H and O–H groups in total. The lowest BCUT2D eigenvalue weighted by Crippen LogP contribution is -2.28. The van der Waals surface area contributed by atoms with Gasteiger partial charge in [0.15, 0.2) is 11.3 Å². The van der Waals surface area contributed by atoms with Gasteiger partial charge >= 0.3 is 5.97 Å². The minimum atomic E-state index is -1.31. The zero-order valence-corrected chi connectivity index (χ0v) is 10.5. The van der Waals surface area contributed by atoms with Gasteiger partial charge in [-0.1, -0.05) is 29.4 Å². The predicted molar refractivity (Wildman–Crippen MR) is 66.7 cm³/mol. The van der Waals surface area contributed by atoms with Crippen LogP contribution in [0.2, 0.25) is 0 Å². The van der Waals surface area contributed by atoms with Gasteiger partial charge in [-0.3, -0.25) is 9.59 Å². The maximum Gasteiger partial charge on any atom is 0.310 e. The number of carbonyl (C=O) groups is 2. The zero-order valence-electron chi connectivity index (χ0n) is 10.5. The van der Waals surface area contributed by atoms with Gasteiger partial charge < -0.3 is 5.11 Å². The van der Waals surface area contributed by atoms with E-state index in [0.717, 1.165) is 0 Å². The van der Waals surface area contributed by atoms with Crippen molar-refractivity contribution in [2.75, 3.05) is 0 Å². The monoisotopic (exact) mass is 249 g/mol. The number of Topliss-reactive ketones (excluding diaryl/α,β-unsaturated/α-hetero) is 1. The van der Waals surface area contributed by atoms with Crippen LogP contribution in [0.1, 0.15) is 42.6 Å². The van der Waals surface area contributed by atoms with Crippen LogP contribution in [0.3, 0.4) is 0 Å². The molecule has 0 aliphatic rings. The fourth-order valence-corrected chi connectivity index (χ4v) is 1.46. The summed E-state index contributed by atoms with van der Waals surface area (Å²) in [5, 5.41) is 11.6. The first kappa shape index (κ1) is 14.0. The van der Waals surface area contributed by atoms with Crippen molar-refractivity contribution < 1.29 is 14.7 Å². The van der Waals surface area contributed by atoms with Crippen LogP contribution in [-0.4, -0.2) is 22.4 Å². The van der Waals surface area contributed by atoms with Crippen LogP contribution < -0.4 is 0 Å². The molecule has 0 aliphatic heterocycles. The summed E-state index contributed by atoms with van der Waals surface area (Å²) in [7, 11) is 0. The van der Waals surface area contributed by atoms with E-state index in [1.165, 1.54) is 26.0 Å². The van der Waals surface area contributed by atoms with Crippen LogP contribution >= 0.6 is 0 Å². The Morgan fingerprint density at radius 1 is 1.22 bits per heavy atom. The molecule has 0 aliphatic carbocycles. The molecule has 5 heteroatoms. The highest BCUT2D eigenvalue weighted by atomic mass is 16.4. The lowest BCUT2D eigenvalue weighted by molar-refractivity contribution is -0.138. The second-order valence-corrected chi connectivity index (χ2v) is 4.66. The number of hydrogen-bond donors (Lipinski definition) is 1. The van der Waals surface area contributed by atoms with Gasteiger partial charge in [0.1, 0.15) is 0 Å². The molecule has 18 heavy (non-hydrogen) atoms. The first-order valence-electron chi connectivity index (χ1n) is 5.51. The Hall–Kier alpha value is -2.04. The Balaban J connectivity index is 3.00. The van der Waals surface area contributed by atoms with Crippen molar-refractivity contribution >= 4 is 11.8 Å². The Morgan fingerprint density at radius 3 is 2.11 bits per heavy atom. The van der Waals surface area contributed by atoms with E-state index >= 15 is 0 Å². The highest BCUT2D eigenvalue weighted by Gasteiger charge is 2.29. The third kappa shape index (κ3) is 2.80. The number of carboxylic acids is 1. The summed E-state index contributed by atoms with van der Waals surface area (Å²) >= 11 is 0. The molecule has 0 heterocycles. The van der Waals surface area contributed by atoms with Gasteiger partial charge in [0.25, 0.3) is 0 Å². The number of rotatable bonds is 5. The quantitative estimate of drug-likeness (QED) is 0.642. The number of carboxylic acid groups (broad SMARTS) is 1. The van der Waals surface area contributed by atoms with Gasteiger partial charge in [-0.15, -0.1) is 4.91 Å². The van der Waals surface area contributed by atoms with Crippen molar-refractivity contribution in [3.05, 3.63) is 40.3 Å². The standard InChI is InChI=1S/C13H15NO4/c1-8(12(16)17)9-4-6-10(7-5-9)11(15)13(2,3)14-18/h4-8H,1-3H3,(H,16,17). The molecule has 0 saturated carbocycles. The normalized spacial score (nSPS) is 12.8. The lowest BCUT2D eigenvalue weighted by Gasteiger charge is -2.14. The fraction of sp³-hybridized carbons (Fsp3) is 0.385. The maximum absolute atomic E-state index is 11.9. The van der Waals surface area contributed by atoms with Gasteiger partial charge in [-0.05, 0) is 26.3 Å². The van der Waals surface area contributed by atoms with E-state index in [4.69, 9.17) is 5.11 Å². The van der Waals surface area contributed by atoms with Crippen molar-refractivity contribution in [1.29, 1.82) is 0 Å². The summed E-state index contributed by atoms with van der Waals surface area (Å²) in [4.78, 5) is 33.3. The van der Waals surface area contributed by atoms with Crippen LogP contribution in [0, 0.1) is 4.91 Å². The number of nitroso groups, excluding NO2 is 1. The molecule has 0 amide bonds. The molecule has 0 aromatic heterocycles. The molecule has 0 fully saturated rings. The molecule has 5 nitrogen and oxygen atoms in total. The molecule has 1 aromatic carbocycles. The average Bonchev–Trinajstić information content (AvgIpc) is 2.37. The van der Waals surface area contributed by atoms with E-state index in [1.807, 2.05) is 0 Å². The van der Waals surface area contributed by atoms with Crippen molar-refractivity contribution in [2.45, 2.75) is 32.2 Å². The van der Waals surface area contributed by atoms with E-state index in [1.54, 1.807) is 19.1 Å². The number of nitrogens with zero attached hydrogens (tertiary/aromatic N) is 1. The number of ketones is 1. The van der Waals surface area contributed by atoms with E-state index in [0.29, 0.717) is 11.1 Å². The fourth-order valence-electron chi connectivity index (χ4n) is 1.46. The highest BCUT2D eigenvalue weighted by molar-refractivity contribution is 6.02. The summed E-state index contributed by atoms with van der Waals surface area (Å²) in [5.74, 6) is -1.94. The smallest absolute Gasteiger partial charge is 0.310 e. The molecule has 1 atom stereocenters. The molecule has 1 rings (SSSR count). The summed E-state index contributed by atoms with van der Waals surface area (Å²) in [6.07, 6.45) is 0. The first-order chi connectivity index (χ1) is 8.29. The Kier molecular flexibility index (Phi) is 3.96. The number of aliphatic carboxylic acids is 1. The third-order valence-electron chi connectivity index (χ3n) is 2.83. The van der Waals surface area contributed by atoms with E-state index in [-0.39, 0.29) is 5.78 Å². The summed E-state index contributed by atoms with van der Waals surface area (Å²) < 4.78 is 0. The second kappa shape index (κ2) is 5.08. The van der Waals surface area contributed by atoms with Crippen molar-refractivity contribution in [2.24, 2.45) is 5.18 Å². The molecule has 0 radical (unpaired) electrons. The predicted octanol–water partition coefficient (Wildman–Crippen LogP) is 2.60. The van der Waals surface area contributed by atoms with Crippen molar-refractivity contribution in [3.8, 4) is 0 Å². The molecule has 1 unspecified atom stereocenters. The Bertz CT molecular complexity index is 476. The number of carbonyl (C=O) groups excluding carboxylic acids is 1. The van der Waals surface area contributed by atoms with E-state index in [2.05, 4.69) is 5.18 Å². The molecular weight excluding hydrogens is 234 g/mol. The first-order valence-corrected chi connectivity index (χ1v) is 5.51. The van der Waals surface area contributed by atoms with E-state index in [9.17, 15) is 14.5 Å². The van der Waals surface area contributed by atoms with Gasteiger partial charge in [0.2, 0.25) is 0 Å². The largest absolute Gasteiger partial charge is 0.481 e. The van der Waals surface area contributed by atoms with Gasteiger partial charge in [0, 0.05) is 5.56 Å². The van der Waals surface area contributed by atoms with Gasteiger partial charge in [0.05, 0.1) is 5.92 Å². The second-order valence-electron chi connectivity index (χ2n) is 4.66. The van der Waals surface area contributed by atoms with Crippen molar-refractivity contribution in [1.82, 2.24) is 0 Å². The molecule has 0 saturated heterocycles. The Morgan fingerprint density at radius 2 is 1.72 bits per heavy atom. The maximum atomic E-state index is 11.9. The van der Waals surface area contributed by atoms with Crippen LogP contribution in [-0.2, 0) is 4.79 Å². The Labute approximate surface area is 105 Å². The van der Waals surface area contributed by atoms with Gasteiger partial charge in [-0.2, -0.15) is 0 Å². The topological polar surface area (TPSA) is 83.8 Å². The molecule has 0 bridgehead atoms. The molecular formula is C13H15NO4. The van der Waals surface area contributed by atoms with E-state index < -0.39 is 17.4 Å². The molecule has 1 aromatic rings. The number of hydrogen-bond acceptors (Lipinski definition) is 4. The SMILES string of the molecule is CC(C(=O)O)c1ccc(C(=O)C(C)(C)N=O)cc1. The van der Waals surface area contributed by atoms with Crippen LogP contribution in [0.15, 0.2) is 29.4 Å². The summed E-state index contributed by atoms with van der Waals surface area (Å²) in [6, 6.07) is 6.19. The average molecular weight is 249 g/mol. The number of benzene rings is 1. The minimum Gasteiger partial charge on any atom is -0.481 e. The van der Waals surface area contributed by atoms with Crippen LogP contribution in [0.5, 0.6) is 0 Å². The van der Waals surface area contributed by atoms with Crippen LogP contribution in [0.4, 0.5) is 0 Å². The summed E-state index contributed by atoms with van der Waals surface area (Å²) in [6.45, 7) is 4.45. The molecule has 0 spiro atoms. The zero-order chi connectivity index (χ0) is 13.9. The van der Waals surface area contributed by atoms with Crippen LogP contribution in [0.25, 0.3) is 0 Å². The summed E-state index contributed by atoms with van der Waals surface area (Å²) in [5.41, 5.74) is -0.350.